The standard InChI is InChI=1S/C21H29N3O2/c1-20(2,14-18-23-16-7-3-4-8-17(16)24-18)19(25)22-15-9-12-26-21(13-15)10-5-6-11-21/h3-4,7-8,15H,5-6,9-14H2,1-2H3,(H,22,25)(H,23,24). The number of amides is 1. The minimum absolute atomic E-state index is 0.0269. The van der Waals surface area contributed by atoms with Gasteiger partial charge in [0.05, 0.1) is 22.0 Å². The predicted molar refractivity (Wildman–Crippen MR) is 102 cm³/mol. The first-order chi connectivity index (χ1) is 12.5. The van der Waals surface area contributed by atoms with Crippen molar-refractivity contribution in [3.63, 3.8) is 0 Å². The van der Waals surface area contributed by atoms with Crippen LogP contribution in [0.15, 0.2) is 24.3 Å². The van der Waals surface area contributed by atoms with Crippen LogP contribution in [0.25, 0.3) is 11.0 Å². The number of imidazole rings is 1. The molecule has 1 atom stereocenters. The first kappa shape index (κ1) is 17.5. The first-order valence-electron chi connectivity index (χ1n) is 9.84. The number of aromatic nitrogens is 2. The van der Waals surface area contributed by atoms with Gasteiger partial charge in [0.15, 0.2) is 0 Å². The molecule has 5 heteroatoms. The Balaban J connectivity index is 1.41. The molecule has 1 saturated heterocycles. The lowest BCUT2D eigenvalue weighted by molar-refractivity contribution is -0.133. The molecule has 1 saturated carbocycles. The van der Waals surface area contributed by atoms with Gasteiger partial charge in [-0.1, -0.05) is 38.8 Å². The molecule has 1 spiro atoms. The molecule has 1 aliphatic carbocycles. The number of benzene rings is 1. The molecule has 0 bridgehead atoms. The summed E-state index contributed by atoms with van der Waals surface area (Å²) in [5.74, 6) is 0.976. The van der Waals surface area contributed by atoms with Gasteiger partial charge in [-0.2, -0.15) is 0 Å². The van der Waals surface area contributed by atoms with Crippen LogP contribution < -0.4 is 5.32 Å². The van der Waals surface area contributed by atoms with Crippen molar-refractivity contribution < 1.29 is 9.53 Å². The van der Waals surface area contributed by atoms with Crippen LogP contribution in [0.1, 0.15) is 58.2 Å². The van der Waals surface area contributed by atoms with Crippen LogP contribution >= 0.6 is 0 Å². The Morgan fingerprint density at radius 3 is 2.88 bits per heavy atom. The molecule has 1 aromatic heterocycles. The Bertz CT molecular complexity index is 756. The van der Waals surface area contributed by atoms with E-state index in [0.717, 1.165) is 49.1 Å². The molecule has 26 heavy (non-hydrogen) atoms. The van der Waals surface area contributed by atoms with Gasteiger partial charge in [0.25, 0.3) is 0 Å². The molecule has 2 aromatic rings. The lowest BCUT2D eigenvalue weighted by Gasteiger charge is -2.39. The number of fused-ring (bicyclic) bond motifs is 1. The van der Waals surface area contributed by atoms with Crippen molar-refractivity contribution in [3.05, 3.63) is 30.1 Å². The number of hydrogen-bond acceptors (Lipinski definition) is 3. The van der Waals surface area contributed by atoms with E-state index >= 15 is 0 Å². The number of carbonyl (C=O) groups is 1. The van der Waals surface area contributed by atoms with Gasteiger partial charge < -0.3 is 15.0 Å². The van der Waals surface area contributed by atoms with Crippen LogP contribution in [0.5, 0.6) is 0 Å². The van der Waals surface area contributed by atoms with Gasteiger partial charge in [0.2, 0.25) is 5.91 Å². The molecule has 1 aliphatic heterocycles. The number of ether oxygens (including phenoxy) is 1. The van der Waals surface area contributed by atoms with Crippen LogP contribution in [-0.4, -0.2) is 34.1 Å². The van der Waals surface area contributed by atoms with Gasteiger partial charge in [-0.05, 0) is 37.8 Å². The summed E-state index contributed by atoms with van der Waals surface area (Å²) >= 11 is 0. The fourth-order valence-electron chi connectivity index (χ4n) is 4.49. The summed E-state index contributed by atoms with van der Waals surface area (Å²) < 4.78 is 6.09. The summed E-state index contributed by atoms with van der Waals surface area (Å²) in [4.78, 5) is 20.9. The average Bonchev–Trinajstić information content (AvgIpc) is 3.20. The number of nitrogens with one attached hydrogen (secondary N) is 2. The zero-order valence-corrected chi connectivity index (χ0v) is 15.8. The Morgan fingerprint density at radius 1 is 1.35 bits per heavy atom. The van der Waals surface area contributed by atoms with Gasteiger partial charge >= 0.3 is 0 Å². The van der Waals surface area contributed by atoms with E-state index in [0.29, 0.717) is 6.42 Å². The van der Waals surface area contributed by atoms with Gasteiger partial charge in [0, 0.05) is 19.1 Å². The molecular weight excluding hydrogens is 326 g/mol. The zero-order valence-electron chi connectivity index (χ0n) is 15.8. The molecule has 2 N–H and O–H groups in total. The van der Waals surface area contributed by atoms with Gasteiger partial charge in [-0.15, -0.1) is 0 Å². The van der Waals surface area contributed by atoms with Crippen molar-refractivity contribution in [1.29, 1.82) is 0 Å². The lowest BCUT2D eigenvalue weighted by Crippen LogP contribution is -2.50. The molecule has 4 rings (SSSR count). The third-order valence-corrected chi connectivity index (χ3v) is 6.01. The quantitative estimate of drug-likeness (QED) is 0.878. The SMILES string of the molecule is CC(C)(Cc1nc2ccccc2[nH]1)C(=O)NC1CCOC2(CCCC2)C1. The predicted octanol–water partition coefficient (Wildman–Crippen LogP) is 3.74. The third-order valence-electron chi connectivity index (χ3n) is 6.01. The summed E-state index contributed by atoms with van der Waals surface area (Å²) in [7, 11) is 0. The van der Waals surface area contributed by atoms with Crippen molar-refractivity contribution in [1.82, 2.24) is 15.3 Å². The van der Waals surface area contributed by atoms with Crippen molar-refractivity contribution >= 4 is 16.9 Å². The second-order valence-electron chi connectivity index (χ2n) is 8.66. The molecular formula is C21H29N3O2. The fraction of sp³-hybridized carbons (Fsp3) is 0.619. The summed E-state index contributed by atoms with van der Waals surface area (Å²) in [5.41, 5.74) is 1.49. The van der Waals surface area contributed by atoms with E-state index in [9.17, 15) is 4.79 Å². The molecule has 1 aromatic carbocycles. The summed E-state index contributed by atoms with van der Waals surface area (Å²) in [5, 5.41) is 3.30. The summed E-state index contributed by atoms with van der Waals surface area (Å²) in [6, 6.07) is 8.21. The average molecular weight is 355 g/mol. The fourth-order valence-corrected chi connectivity index (χ4v) is 4.49. The zero-order chi connectivity index (χ0) is 18.2. The minimum Gasteiger partial charge on any atom is -0.375 e. The van der Waals surface area contributed by atoms with E-state index < -0.39 is 5.41 Å². The van der Waals surface area contributed by atoms with Crippen molar-refractivity contribution in [2.24, 2.45) is 5.41 Å². The van der Waals surface area contributed by atoms with E-state index in [1.165, 1.54) is 12.8 Å². The molecule has 2 aliphatic rings. The Hall–Kier alpha value is -1.88. The van der Waals surface area contributed by atoms with Crippen molar-refractivity contribution in [3.8, 4) is 0 Å². The molecule has 2 heterocycles. The second kappa shape index (κ2) is 6.69. The molecule has 0 radical (unpaired) electrons. The molecule has 1 amide bonds. The van der Waals surface area contributed by atoms with Crippen LogP contribution in [0.4, 0.5) is 0 Å². The maximum absolute atomic E-state index is 13.0. The minimum atomic E-state index is -0.505. The maximum atomic E-state index is 13.0. The highest BCUT2D eigenvalue weighted by Crippen LogP contribution is 2.40. The summed E-state index contributed by atoms with van der Waals surface area (Å²) in [6.45, 7) is 4.76. The highest BCUT2D eigenvalue weighted by molar-refractivity contribution is 5.82. The Morgan fingerprint density at radius 2 is 2.12 bits per heavy atom. The number of rotatable bonds is 4. The van der Waals surface area contributed by atoms with Crippen LogP contribution in [0, 0.1) is 5.41 Å². The van der Waals surface area contributed by atoms with E-state index in [2.05, 4.69) is 15.3 Å². The lowest BCUT2D eigenvalue weighted by atomic mass is 9.85. The van der Waals surface area contributed by atoms with E-state index in [-0.39, 0.29) is 17.6 Å². The maximum Gasteiger partial charge on any atom is 0.226 e. The number of nitrogens with zero attached hydrogens (tertiary/aromatic N) is 1. The van der Waals surface area contributed by atoms with Crippen LogP contribution in [-0.2, 0) is 16.0 Å². The van der Waals surface area contributed by atoms with Crippen molar-refractivity contribution in [2.75, 3.05) is 6.61 Å². The first-order valence-corrected chi connectivity index (χ1v) is 9.84. The smallest absolute Gasteiger partial charge is 0.226 e. The monoisotopic (exact) mass is 355 g/mol. The van der Waals surface area contributed by atoms with Crippen molar-refractivity contribution in [2.45, 2.75) is 70.4 Å². The van der Waals surface area contributed by atoms with Gasteiger partial charge in [0.1, 0.15) is 5.82 Å². The largest absolute Gasteiger partial charge is 0.375 e. The highest BCUT2D eigenvalue weighted by Gasteiger charge is 2.41. The topological polar surface area (TPSA) is 67.0 Å². The van der Waals surface area contributed by atoms with Crippen LogP contribution in [0.2, 0.25) is 0 Å². The molecule has 140 valence electrons. The number of hydrogen-bond donors (Lipinski definition) is 2. The summed E-state index contributed by atoms with van der Waals surface area (Å²) in [6.07, 6.45) is 7.25. The Labute approximate surface area is 154 Å². The van der Waals surface area contributed by atoms with Gasteiger partial charge in [-0.25, -0.2) is 4.98 Å². The normalized spacial score (nSPS) is 22.8. The number of aromatic amines is 1. The third kappa shape index (κ3) is 3.50. The molecule has 1 unspecified atom stereocenters. The second-order valence-corrected chi connectivity index (χ2v) is 8.66. The number of carbonyl (C=O) groups excluding carboxylic acids is 1. The van der Waals surface area contributed by atoms with Gasteiger partial charge in [-0.3, -0.25) is 4.79 Å². The molecule has 5 nitrogen and oxygen atoms in total. The van der Waals surface area contributed by atoms with E-state index in [4.69, 9.17) is 4.74 Å². The number of para-hydroxylation sites is 2. The molecule has 2 fully saturated rings. The number of H-pyrrole nitrogens is 1. The Kier molecular flexibility index (Phi) is 4.51. The van der Waals surface area contributed by atoms with E-state index in [1.54, 1.807) is 0 Å². The highest BCUT2D eigenvalue weighted by atomic mass is 16.5. The van der Waals surface area contributed by atoms with E-state index in [1.807, 2.05) is 38.1 Å². The van der Waals surface area contributed by atoms with Crippen LogP contribution in [0.3, 0.4) is 0 Å².